The Kier molecular flexibility index (Phi) is 4.70. The average molecular weight is 380 g/mol. The van der Waals surface area contributed by atoms with Gasteiger partial charge in [0.15, 0.2) is 0 Å². The van der Waals surface area contributed by atoms with E-state index in [-0.39, 0.29) is 0 Å². The average Bonchev–Trinajstić information content (AvgIpc) is 2.80. The summed E-state index contributed by atoms with van der Waals surface area (Å²) in [6, 6.07) is 41.5. The molecule has 0 radical (unpaired) electrons. The third-order valence-electron chi connectivity index (χ3n) is 5.36. The van der Waals surface area contributed by atoms with Gasteiger partial charge in [-0.2, -0.15) is 0 Å². The van der Waals surface area contributed by atoms with Crippen LogP contribution in [0.15, 0.2) is 121 Å². The summed E-state index contributed by atoms with van der Waals surface area (Å²) in [4.78, 5) is 0. The van der Waals surface area contributed by atoms with Crippen LogP contribution in [0.1, 0.15) is 0 Å². The molecule has 136 valence electrons. The van der Waals surface area contributed by atoms with Gasteiger partial charge in [-0.15, -0.1) is 0 Å². The number of nitriles is 1. The van der Waals surface area contributed by atoms with Crippen molar-refractivity contribution in [3.63, 3.8) is 0 Å². The van der Waals surface area contributed by atoms with Crippen molar-refractivity contribution in [2.24, 2.45) is 0 Å². The van der Waals surface area contributed by atoms with E-state index >= 15 is 0 Å². The Morgan fingerprint density at radius 3 is 0.929 bits per heavy atom. The van der Waals surface area contributed by atoms with Crippen molar-refractivity contribution in [2.75, 3.05) is 0 Å². The summed E-state index contributed by atoms with van der Waals surface area (Å²) in [5.41, 5.74) is 0. The number of benzene rings is 4. The molecular weight excluding hydrogens is 359 g/mol. The van der Waals surface area contributed by atoms with E-state index in [1.807, 2.05) is 72.8 Å². The quantitative estimate of drug-likeness (QED) is 0.325. The first-order valence-corrected chi connectivity index (χ1v) is 11.5. The second-order valence-electron chi connectivity index (χ2n) is 6.68. The predicted octanol–water partition coefficient (Wildman–Crippen LogP) is 3.83. The molecule has 4 aromatic rings. The van der Waals surface area contributed by atoms with E-state index in [2.05, 4.69) is 59.8 Å². The molecular formula is C25H21N2P. The minimum absolute atomic E-state index is 1.11. The number of rotatable bonds is 5. The van der Waals surface area contributed by atoms with Crippen LogP contribution in [0.3, 0.4) is 0 Å². The van der Waals surface area contributed by atoms with Gasteiger partial charge in [0.25, 0.3) is 0 Å². The fraction of sp³-hybridized carbons (Fsp3) is 0. The first-order chi connectivity index (χ1) is 13.8. The van der Waals surface area contributed by atoms with Crippen LogP contribution in [0.5, 0.6) is 0 Å². The molecule has 0 aliphatic heterocycles. The summed E-state index contributed by atoms with van der Waals surface area (Å²) in [6.07, 6.45) is 2.35. The molecule has 0 aliphatic rings. The van der Waals surface area contributed by atoms with Crippen molar-refractivity contribution in [1.29, 1.82) is 5.26 Å². The van der Waals surface area contributed by atoms with Crippen LogP contribution >= 0.6 is 6.75 Å². The SMILES string of the molecule is N#CNP(c1ccccc1)(c1ccccc1)(c1ccccc1)c1ccccc1. The van der Waals surface area contributed by atoms with Gasteiger partial charge in [0.1, 0.15) is 0 Å². The van der Waals surface area contributed by atoms with Gasteiger partial charge >= 0.3 is 166 Å². The van der Waals surface area contributed by atoms with Crippen LogP contribution in [0.2, 0.25) is 0 Å². The van der Waals surface area contributed by atoms with Crippen LogP contribution in [0.4, 0.5) is 0 Å². The molecule has 0 bridgehead atoms. The van der Waals surface area contributed by atoms with Crippen LogP contribution in [-0.2, 0) is 0 Å². The van der Waals surface area contributed by atoms with Crippen molar-refractivity contribution >= 4 is 28.0 Å². The predicted molar refractivity (Wildman–Crippen MR) is 120 cm³/mol. The Labute approximate surface area is 166 Å². The van der Waals surface area contributed by atoms with Crippen molar-refractivity contribution < 1.29 is 0 Å². The van der Waals surface area contributed by atoms with Crippen molar-refractivity contribution in [2.45, 2.75) is 0 Å². The zero-order valence-corrected chi connectivity index (χ0v) is 16.3. The first kappa shape index (κ1) is 18.0. The number of nitrogens with one attached hydrogen (secondary N) is 1. The first-order valence-electron chi connectivity index (χ1n) is 9.23. The fourth-order valence-corrected chi connectivity index (χ4v) is 9.74. The summed E-state index contributed by atoms with van der Waals surface area (Å²) >= 11 is 0. The molecule has 3 heteroatoms. The molecule has 0 spiro atoms. The van der Waals surface area contributed by atoms with Gasteiger partial charge in [-0.25, -0.2) is 0 Å². The Morgan fingerprint density at radius 1 is 0.464 bits per heavy atom. The Bertz CT molecular complexity index is 919. The minimum atomic E-state index is -3.48. The molecule has 0 aliphatic carbocycles. The second kappa shape index (κ2) is 7.31. The molecule has 2 nitrogen and oxygen atoms in total. The van der Waals surface area contributed by atoms with Gasteiger partial charge in [0.2, 0.25) is 0 Å². The van der Waals surface area contributed by atoms with E-state index in [1.54, 1.807) is 0 Å². The summed E-state index contributed by atoms with van der Waals surface area (Å²) in [5.74, 6) is 0. The Morgan fingerprint density at radius 2 is 0.714 bits per heavy atom. The summed E-state index contributed by atoms with van der Waals surface area (Å²) < 4.78 is 0. The van der Waals surface area contributed by atoms with Gasteiger partial charge in [0.05, 0.1) is 0 Å². The summed E-state index contributed by atoms with van der Waals surface area (Å²) in [7, 11) is 0. The molecule has 4 rings (SSSR count). The van der Waals surface area contributed by atoms with E-state index in [9.17, 15) is 5.26 Å². The van der Waals surface area contributed by atoms with Crippen LogP contribution in [0.25, 0.3) is 0 Å². The fourth-order valence-electron chi connectivity index (χ4n) is 4.16. The number of nitrogens with zero attached hydrogens (tertiary/aromatic N) is 1. The molecule has 0 heterocycles. The molecule has 0 atom stereocenters. The van der Waals surface area contributed by atoms with Gasteiger partial charge < -0.3 is 0 Å². The molecule has 1 N–H and O–H groups in total. The molecule has 0 amide bonds. The Balaban J connectivity index is 2.30. The van der Waals surface area contributed by atoms with Crippen LogP contribution in [0, 0.1) is 11.5 Å². The van der Waals surface area contributed by atoms with Gasteiger partial charge in [-0.3, -0.25) is 0 Å². The van der Waals surface area contributed by atoms with Crippen molar-refractivity contribution in [3.8, 4) is 6.19 Å². The maximum absolute atomic E-state index is 10.1. The van der Waals surface area contributed by atoms with Crippen LogP contribution in [-0.4, -0.2) is 0 Å². The van der Waals surface area contributed by atoms with Gasteiger partial charge in [-0.1, -0.05) is 0 Å². The van der Waals surface area contributed by atoms with E-state index in [1.165, 1.54) is 0 Å². The molecule has 0 fully saturated rings. The third kappa shape index (κ3) is 2.45. The van der Waals surface area contributed by atoms with Crippen molar-refractivity contribution in [1.82, 2.24) is 5.09 Å². The maximum atomic E-state index is 10.1. The number of hydrogen-bond acceptors (Lipinski definition) is 2. The van der Waals surface area contributed by atoms with Gasteiger partial charge in [-0.05, 0) is 0 Å². The van der Waals surface area contributed by atoms with E-state index in [4.69, 9.17) is 0 Å². The molecule has 0 aromatic heterocycles. The molecule has 28 heavy (non-hydrogen) atoms. The summed E-state index contributed by atoms with van der Waals surface area (Å²) in [5, 5.41) is 17.9. The van der Waals surface area contributed by atoms with E-state index in [0.717, 1.165) is 21.2 Å². The van der Waals surface area contributed by atoms with Crippen molar-refractivity contribution in [3.05, 3.63) is 121 Å². The Hall–Kier alpha value is -3.40. The van der Waals surface area contributed by atoms with Gasteiger partial charge in [0, 0.05) is 0 Å². The number of hydrogen-bond donors (Lipinski definition) is 1. The topological polar surface area (TPSA) is 35.8 Å². The van der Waals surface area contributed by atoms with Crippen LogP contribution < -0.4 is 26.3 Å². The molecule has 0 unspecified atom stereocenters. The second-order valence-corrected chi connectivity index (χ2v) is 11.2. The summed E-state index contributed by atoms with van der Waals surface area (Å²) in [6.45, 7) is -3.48. The monoisotopic (exact) mass is 380 g/mol. The van der Waals surface area contributed by atoms with E-state index in [0.29, 0.717) is 0 Å². The molecule has 4 aromatic carbocycles. The third-order valence-corrected chi connectivity index (χ3v) is 11.2. The standard InChI is InChI=1S/C25H21N2P/c26-21-27-28(22-13-5-1-6-14-22,23-15-7-2-8-16-23,24-17-9-3-10-18-24)25-19-11-4-12-20-25/h1-20,27H. The zero-order chi connectivity index (χ0) is 19.3. The molecule has 0 saturated carbocycles. The van der Waals surface area contributed by atoms with E-state index < -0.39 is 6.75 Å². The normalized spacial score (nSPS) is 12.3. The molecule has 0 saturated heterocycles. The zero-order valence-electron chi connectivity index (χ0n) is 15.4.